The summed E-state index contributed by atoms with van der Waals surface area (Å²) in [6.07, 6.45) is 6.51. The van der Waals surface area contributed by atoms with Crippen molar-refractivity contribution in [2.24, 2.45) is 5.92 Å². The summed E-state index contributed by atoms with van der Waals surface area (Å²) >= 11 is 2.06. The first kappa shape index (κ1) is 14.2. The molecule has 4 unspecified atom stereocenters. The van der Waals surface area contributed by atoms with E-state index in [4.69, 9.17) is 9.47 Å². The van der Waals surface area contributed by atoms with Crippen LogP contribution in [-0.4, -0.2) is 49.0 Å². The Morgan fingerprint density at radius 3 is 3.05 bits per heavy atom. The van der Waals surface area contributed by atoms with Crippen molar-refractivity contribution in [3.63, 3.8) is 0 Å². The Balaban J connectivity index is 1.47. The summed E-state index contributed by atoms with van der Waals surface area (Å²) < 4.78 is 11.9. The van der Waals surface area contributed by atoms with E-state index in [9.17, 15) is 0 Å². The SMILES string of the molecule is CCC1OCCC1CNC1CCOC2(CCSC2)C1. The van der Waals surface area contributed by atoms with Crippen molar-refractivity contribution in [2.45, 2.75) is 56.8 Å². The average Bonchev–Trinajstić information content (AvgIpc) is 3.06. The van der Waals surface area contributed by atoms with Crippen LogP contribution >= 0.6 is 11.8 Å². The lowest BCUT2D eigenvalue weighted by molar-refractivity contribution is -0.0706. The van der Waals surface area contributed by atoms with Gasteiger partial charge < -0.3 is 14.8 Å². The van der Waals surface area contributed by atoms with Crippen molar-refractivity contribution in [1.29, 1.82) is 0 Å². The summed E-state index contributed by atoms with van der Waals surface area (Å²) in [6, 6.07) is 0.658. The van der Waals surface area contributed by atoms with Crippen molar-refractivity contribution >= 4 is 11.8 Å². The molecule has 3 heterocycles. The van der Waals surface area contributed by atoms with Crippen LogP contribution in [0, 0.1) is 5.92 Å². The van der Waals surface area contributed by atoms with Crippen LogP contribution in [0.5, 0.6) is 0 Å². The molecule has 0 amide bonds. The minimum Gasteiger partial charge on any atom is -0.378 e. The van der Waals surface area contributed by atoms with Crippen LogP contribution in [0.1, 0.15) is 39.0 Å². The van der Waals surface area contributed by atoms with E-state index in [1.165, 1.54) is 37.2 Å². The maximum Gasteiger partial charge on any atom is 0.0795 e. The highest BCUT2D eigenvalue weighted by Crippen LogP contribution is 2.38. The minimum absolute atomic E-state index is 0.205. The molecule has 3 nitrogen and oxygen atoms in total. The number of hydrogen-bond donors (Lipinski definition) is 1. The molecule has 0 saturated carbocycles. The molecule has 0 aromatic carbocycles. The van der Waals surface area contributed by atoms with Gasteiger partial charge in [0.15, 0.2) is 0 Å². The van der Waals surface area contributed by atoms with Crippen molar-refractivity contribution in [3.8, 4) is 0 Å². The summed E-state index contributed by atoms with van der Waals surface area (Å²) in [5.74, 6) is 3.21. The Bertz CT molecular complexity index is 294. The lowest BCUT2D eigenvalue weighted by Gasteiger charge is -2.38. The van der Waals surface area contributed by atoms with Gasteiger partial charge in [-0.2, -0.15) is 11.8 Å². The van der Waals surface area contributed by atoms with Gasteiger partial charge in [-0.3, -0.25) is 0 Å². The maximum absolute atomic E-state index is 6.09. The second-order valence-corrected chi connectivity index (χ2v) is 7.40. The summed E-state index contributed by atoms with van der Waals surface area (Å²) in [5.41, 5.74) is 0.205. The standard InChI is InChI=1S/C15H27NO2S/c1-2-14-12(3-6-17-14)10-16-13-4-7-18-15(9-13)5-8-19-11-15/h12-14,16H,2-11H2,1H3. The lowest BCUT2D eigenvalue weighted by atomic mass is 9.89. The van der Waals surface area contributed by atoms with E-state index in [0.29, 0.717) is 12.1 Å². The number of hydrogen-bond acceptors (Lipinski definition) is 4. The molecule has 0 bridgehead atoms. The zero-order valence-electron chi connectivity index (χ0n) is 12.0. The van der Waals surface area contributed by atoms with Crippen LogP contribution in [0.25, 0.3) is 0 Å². The number of nitrogens with one attached hydrogen (secondary N) is 1. The van der Waals surface area contributed by atoms with Crippen LogP contribution in [-0.2, 0) is 9.47 Å². The predicted molar refractivity (Wildman–Crippen MR) is 79.8 cm³/mol. The van der Waals surface area contributed by atoms with Gasteiger partial charge in [-0.05, 0) is 43.8 Å². The number of rotatable bonds is 4. The minimum atomic E-state index is 0.205. The predicted octanol–water partition coefficient (Wildman–Crippen LogP) is 2.45. The quantitative estimate of drug-likeness (QED) is 0.859. The zero-order chi connectivity index (χ0) is 13.1. The fourth-order valence-corrected chi connectivity index (χ4v) is 5.14. The molecule has 0 aromatic heterocycles. The Kier molecular flexibility index (Phi) is 4.73. The van der Waals surface area contributed by atoms with Crippen LogP contribution < -0.4 is 5.32 Å². The summed E-state index contributed by atoms with van der Waals surface area (Å²) in [4.78, 5) is 0. The molecule has 0 aliphatic carbocycles. The molecule has 3 rings (SSSR count). The summed E-state index contributed by atoms with van der Waals surface area (Å²) in [5, 5.41) is 3.81. The van der Waals surface area contributed by atoms with Crippen LogP contribution in [0.15, 0.2) is 0 Å². The highest BCUT2D eigenvalue weighted by molar-refractivity contribution is 7.99. The summed E-state index contributed by atoms with van der Waals surface area (Å²) in [6.45, 7) is 5.27. The Hall–Kier alpha value is 0.230. The van der Waals surface area contributed by atoms with E-state index in [1.807, 2.05) is 0 Å². The van der Waals surface area contributed by atoms with Crippen LogP contribution in [0.2, 0.25) is 0 Å². The van der Waals surface area contributed by atoms with E-state index in [-0.39, 0.29) is 5.60 Å². The molecular weight excluding hydrogens is 258 g/mol. The molecule has 3 aliphatic heterocycles. The Morgan fingerprint density at radius 2 is 2.26 bits per heavy atom. The maximum atomic E-state index is 6.09. The van der Waals surface area contributed by atoms with Crippen molar-refractivity contribution in [2.75, 3.05) is 31.3 Å². The largest absolute Gasteiger partial charge is 0.378 e. The monoisotopic (exact) mass is 285 g/mol. The van der Waals surface area contributed by atoms with E-state index in [0.717, 1.165) is 32.1 Å². The second kappa shape index (κ2) is 6.33. The van der Waals surface area contributed by atoms with Crippen LogP contribution in [0.4, 0.5) is 0 Å². The van der Waals surface area contributed by atoms with Gasteiger partial charge in [-0.1, -0.05) is 6.92 Å². The molecule has 110 valence electrons. The molecule has 1 N–H and O–H groups in total. The van der Waals surface area contributed by atoms with Crippen LogP contribution in [0.3, 0.4) is 0 Å². The fraction of sp³-hybridized carbons (Fsp3) is 1.00. The van der Waals surface area contributed by atoms with Gasteiger partial charge in [0.1, 0.15) is 0 Å². The molecule has 0 aromatic rings. The molecule has 3 saturated heterocycles. The molecule has 4 heteroatoms. The van der Waals surface area contributed by atoms with E-state index < -0.39 is 0 Å². The molecule has 0 radical (unpaired) electrons. The second-order valence-electron chi connectivity index (χ2n) is 6.30. The molecular formula is C15H27NO2S. The van der Waals surface area contributed by atoms with Gasteiger partial charge in [0.2, 0.25) is 0 Å². The lowest BCUT2D eigenvalue weighted by Crippen LogP contribution is -2.48. The normalized spacial score (nSPS) is 43.1. The van der Waals surface area contributed by atoms with Crippen molar-refractivity contribution in [3.05, 3.63) is 0 Å². The van der Waals surface area contributed by atoms with Gasteiger partial charge in [-0.15, -0.1) is 0 Å². The zero-order valence-corrected chi connectivity index (χ0v) is 12.8. The van der Waals surface area contributed by atoms with E-state index >= 15 is 0 Å². The van der Waals surface area contributed by atoms with E-state index in [2.05, 4.69) is 24.0 Å². The smallest absolute Gasteiger partial charge is 0.0795 e. The third-order valence-electron chi connectivity index (χ3n) is 4.98. The third-order valence-corrected chi connectivity index (χ3v) is 6.20. The molecule has 4 atom stereocenters. The van der Waals surface area contributed by atoms with Gasteiger partial charge in [0.25, 0.3) is 0 Å². The van der Waals surface area contributed by atoms with Crippen molar-refractivity contribution < 1.29 is 9.47 Å². The first-order chi connectivity index (χ1) is 9.31. The number of thioether (sulfide) groups is 1. The first-order valence-electron chi connectivity index (χ1n) is 7.88. The third kappa shape index (κ3) is 3.29. The van der Waals surface area contributed by atoms with Crippen molar-refractivity contribution in [1.82, 2.24) is 5.32 Å². The van der Waals surface area contributed by atoms with Gasteiger partial charge in [0, 0.05) is 31.6 Å². The van der Waals surface area contributed by atoms with Gasteiger partial charge in [-0.25, -0.2) is 0 Å². The summed E-state index contributed by atoms with van der Waals surface area (Å²) in [7, 11) is 0. The molecule has 3 fully saturated rings. The molecule has 1 spiro atoms. The highest BCUT2D eigenvalue weighted by Gasteiger charge is 2.40. The Morgan fingerprint density at radius 1 is 1.32 bits per heavy atom. The number of ether oxygens (including phenoxy) is 2. The Labute approximate surface area is 121 Å². The molecule has 3 aliphatic rings. The van der Waals surface area contributed by atoms with Gasteiger partial charge in [0.05, 0.1) is 11.7 Å². The highest BCUT2D eigenvalue weighted by atomic mass is 32.2. The first-order valence-corrected chi connectivity index (χ1v) is 9.03. The fourth-order valence-electron chi connectivity index (χ4n) is 3.76. The van der Waals surface area contributed by atoms with E-state index in [1.54, 1.807) is 0 Å². The average molecular weight is 285 g/mol. The van der Waals surface area contributed by atoms with Gasteiger partial charge >= 0.3 is 0 Å². The molecule has 19 heavy (non-hydrogen) atoms. The topological polar surface area (TPSA) is 30.5 Å².